The molecule has 2 aromatic rings. The van der Waals surface area contributed by atoms with E-state index in [4.69, 9.17) is 4.74 Å². The van der Waals surface area contributed by atoms with Gasteiger partial charge in [-0.2, -0.15) is 10.1 Å². The first-order valence-corrected chi connectivity index (χ1v) is 7.39. The maximum atomic E-state index is 11.3. The number of carboxylic acids is 1. The molecule has 0 saturated heterocycles. The van der Waals surface area contributed by atoms with Crippen molar-refractivity contribution in [1.29, 1.82) is 0 Å². The monoisotopic (exact) mass is 314 g/mol. The summed E-state index contributed by atoms with van der Waals surface area (Å²) >= 11 is 0. The zero-order chi connectivity index (χ0) is 16.4. The van der Waals surface area contributed by atoms with Crippen LogP contribution in [-0.4, -0.2) is 32.4 Å². The Balaban J connectivity index is 2.02. The SMILES string of the molecule is CC(C)COc1ccccc1C1C=C(C(=O)O)Nc2ncnn21. The van der Waals surface area contributed by atoms with Crippen molar-refractivity contribution in [2.24, 2.45) is 5.92 Å². The molecular weight excluding hydrogens is 296 g/mol. The molecule has 120 valence electrons. The first kappa shape index (κ1) is 15.1. The normalized spacial score (nSPS) is 16.5. The molecule has 0 bridgehead atoms. The summed E-state index contributed by atoms with van der Waals surface area (Å²) < 4.78 is 7.52. The molecule has 0 saturated carbocycles. The molecule has 2 heterocycles. The van der Waals surface area contributed by atoms with E-state index in [1.54, 1.807) is 10.8 Å². The van der Waals surface area contributed by atoms with Gasteiger partial charge in [-0.05, 0) is 18.1 Å². The highest BCUT2D eigenvalue weighted by Gasteiger charge is 2.27. The molecule has 1 aromatic heterocycles. The summed E-state index contributed by atoms with van der Waals surface area (Å²) in [6.07, 6.45) is 3.01. The van der Waals surface area contributed by atoms with Crippen molar-refractivity contribution in [1.82, 2.24) is 14.8 Å². The summed E-state index contributed by atoms with van der Waals surface area (Å²) in [5.41, 5.74) is 0.925. The molecule has 0 radical (unpaired) electrons. The number of hydrogen-bond acceptors (Lipinski definition) is 5. The average Bonchev–Trinajstić information content (AvgIpc) is 3.00. The highest BCUT2D eigenvalue weighted by molar-refractivity contribution is 5.90. The van der Waals surface area contributed by atoms with Crippen LogP contribution in [-0.2, 0) is 4.79 Å². The van der Waals surface area contributed by atoms with E-state index >= 15 is 0 Å². The summed E-state index contributed by atoms with van der Waals surface area (Å²) in [4.78, 5) is 15.4. The summed E-state index contributed by atoms with van der Waals surface area (Å²) in [7, 11) is 0. The van der Waals surface area contributed by atoms with Gasteiger partial charge >= 0.3 is 5.97 Å². The van der Waals surface area contributed by atoms with E-state index < -0.39 is 5.97 Å². The second-order valence-electron chi connectivity index (χ2n) is 5.73. The van der Waals surface area contributed by atoms with Crippen molar-refractivity contribution in [3.05, 3.63) is 47.9 Å². The van der Waals surface area contributed by atoms with Crippen LogP contribution in [0.15, 0.2) is 42.4 Å². The third-order valence-electron chi connectivity index (χ3n) is 3.45. The van der Waals surface area contributed by atoms with Gasteiger partial charge in [-0.15, -0.1) is 0 Å². The number of aliphatic carboxylic acids is 1. The number of allylic oxidation sites excluding steroid dienone is 1. The van der Waals surface area contributed by atoms with Crippen molar-refractivity contribution in [3.63, 3.8) is 0 Å². The van der Waals surface area contributed by atoms with Crippen LogP contribution in [0, 0.1) is 5.92 Å². The summed E-state index contributed by atoms with van der Waals surface area (Å²) in [5, 5.41) is 16.2. The lowest BCUT2D eigenvalue weighted by Gasteiger charge is -2.24. The van der Waals surface area contributed by atoms with Gasteiger partial charge in [-0.25, -0.2) is 9.48 Å². The molecule has 7 heteroatoms. The van der Waals surface area contributed by atoms with Crippen LogP contribution in [0.4, 0.5) is 5.95 Å². The van der Waals surface area contributed by atoms with Gasteiger partial charge in [0, 0.05) is 5.56 Å². The van der Waals surface area contributed by atoms with Crippen LogP contribution in [0.3, 0.4) is 0 Å². The molecule has 1 unspecified atom stereocenters. The number of para-hydroxylation sites is 1. The van der Waals surface area contributed by atoms with E-state index in [1.807, 2.05) is 24.3 Å². The lowest BCUT2D eigenvalue weighted by Crippen LogP contribution is -2.24. The molecule has 1 aromatic carbocycles. The average molecular weight is 314 g/mol. The fourth-order valence-corrected chi connectivity index (χ4v) is 2.39. The highest BCUT2D eigenvalue weighted by atomic mass is 16.5. The van der Waals surface area contributed by atoms with Crippen LogP contribution >= 0.6 is 0 Å². The Bertz CT molecular complexity index is 751. The van der Waals surface area contributed by atoms with Gasteiger partial charge in [0.2, 0.25) is 5.95 Å². The predicted octanol–water partition coefficient (Wildman–Crippen LogP) is 2.30. The molecule has 0 amide bonds. The van der Waals surface area contributed by atoms with Gasteiger partial charge < -0.3 is 15.2 Å². The zero-order valence-electron chi connectivity index (χ0n) is 12.9. The number of rotatable bonds is 5. The van der Waals surface area contributed by atoms with Crippen molar-refractivity contribution >= 4 is 11.9 Å². The van der Waals surface area contributed by atoms with Gasteiger partial charge in [0.25, 0.3) is 0 Å². The fraction of sp³-hybridized carbons (Fsp3) is 0.312. The molecule has 7 nitrogen and oxygen atoms in total. The number of anilines is 1. The summed E-state index contributed by atoms with van der Waals surface area (Å²) in [6.45, 7) is 4.73. The number of carboxylic acid groups (broad SMARTS) is 1. The fourth-order valence-electron chi connectivity index (χ4n) is 2.39. The Kier molecular flexibility index (Phi) is 4.01. The van der Waals surface area contributed by atoms with E-state index in [9.17, 15) is 9.90 Å². The maximum absolute atomic E-state index is 11.3. The molecule has 0 aliphatic carbocycles. The third-order valence-corrected chi connectivity index (χ3v) is 3.45. The van der Waals surface area contributed by atoms with E-state index in [0.717, 1.165) is 11.3 Å². The zero-order valence-corrected chi connectivity index (χ0v) is 12.9. The van der Waals surface area contributed by atoms with E-state index in [-0.39, 0.29) is 11.7 Å². The van der Waals surface area contributed by atoms with Crippen molar-refractivity contribution in [2.45, 2.75) is 19.9 Å². The minimum absolute atomic E-state index is 0.0779. The van der Waals surface area contributed by atoms with E-state index in [2.05, 4.69) is 29.2 Å². The molecule has 1 aliphatic heterocycles. The van der Waals surface area contributed by atoms with Crippen LogP contribution < -0.4 is 10.1 Å². The number of fused-ring (bicyclic) bond motifs is 1. The smallest absolute Gasteiger partial charge is 0.352 e. The van der Waals surface area contributed by atoms with Crippen molar-refractivity contribution < 1.29 is 14.6 Å². The van der Waals surface area contributed by atoms with E-state index in [0.29, 0.717) is 18.5 Å². The van der Waals surface area contributed by atoms with Gasteiger partial charge in [-0.3, -0.25) is 0 Å². The van der Waals surface area contributed by atoms with Crippen LogP contribution in [0.5, 0.6) is 5.75 Å². The number of nitrogens with zero attached hydrogens (tertiary/aromatic N) is 3. The molecule has 0 fully saturated rings. The quantitative estimate of drug-likeness (QED) is 0.880. The number of nitrogens with one attached hydrogen (secondary N) is 1. The topological polar surface area (TPSA) is 89.3 Å². The lowest BCUT2D eigenvalue weighted by molar-refractivity contribution is -0.132. The largest absolute Gasteiger partial charge is 0.493 e. The minimum Gasteiger partial charge on any atom is -0.493 e. The molecular formula is C16H18N4O3. The molecule has 2 N–H and O–H groups in total. The highest BCUT2D eigenvalue weighted by Crippen LogP contribution is 2.33. The van der Waals surface area contributed by atoms with Gasteiger partial charge in [0.05, 0.1) is 6.61 Å². The molecule has 3 rings (SSSR count). The Morgan fingerprint density at radius 1 is 1.43 bits per heavy atom. The second-order valence-corrected chi connectivity index (χ2v) is 5.73. The number of aromatic nitrogens is 3. The Morgan fingerprint density at radius 2 is 2.22 bits per heavy atom. The van der Waals surface area contributed by atoms with E-state index in [1.165, 1.54) is 6.33 Å². The van der Waals surface area contributed by atoms with Crippen molar-refractivity contribution in [2.75, 3.05) is 11.9 Å². The lowest BCUT2D eigenvalue weighted by atomic mass is 10.0. The summed E-state index contributed by atoms with van der Waals surface area (Å²) in [6, 6.07) is 7.19. The first-order chi connectivity index (χ1) is 11.1. The predicted molar refractivity (Wildman–Crippen MR) is 84.3 cm³/mol. The molecule has 1 atom stereocenters. The Hall–Kier alpha value is -2.83. The standard InChI is InChI=1S/C16H18N4O3/c1-10(2)8-23-14-6-4-3-5-11(14)13-7-12(15(21)22)19-16-17-9-18-20(13)16/h3-7,9-10,13H,8H2,1-2H3,(H,21,22)(H,17,18,19). The number of ether oxygens (including phenoxy) is 1. The minimum atomic E-state index is -1.04. The molecule has 0 spiro atoms. The Labute approximate surface area is 133 Å². The summed E-state index contributed by atoms with van der Waals surface area (Å²) in [5.74, 6) is 0.470. The van der Waals surface area contributed by atoms with Crippen molar-refractivity contribution in [3.8, 4) is 5.75 Å². The number of benzene rings is 1. The van der Waals surface area contributed by atoms with Crippen LogP contribution in [0.25, 0.3) is 0 Å². The first-order valence-electron chi connectivity index (χ1n) is 7.39. The Morgan fingerprint density at radius 3 is 2.96 bits per heavy atom. The van der Waals surface area contributed by atoms with Crippen LogP contribution in [0.2, 0.25) is 0 Å². The maximum Gasteiger partial charge on any atom is 0.352 e. The second kappa shape index (κ2) is 6.12. The number of hydrogen-bond donors (Lipinski definition) is 2. The molecule has 1 aliphatic rings. The van der Waals surface area contributed by atoms with Gasteiger partial charge in [0.15, 0.2) is 0 Å². The molecule has 23 heavy (non-hydrogen) atoms. The van der Waals surface area contributed by atoms with Gasteiger partial charge in [-0.1, -0.05) is 32.0 Å². The van der Waals surface area contributed by atoms with Crippen LogP contribution in [0.1, 0.15) is 25.5 Å². The number of carbonyl (C=O) groups is 1. The van der Waals surface area contributed by atoms with Gasteiger partial charge in [0.1, 0.15) is 23.8 Å². The third kappa shape index (κ3) is 3.03.